The fourth-order valence-corrected chi connectivity index (χ4v) is 1.43. The lowest BCUT2D eigenvalue weighted by Crippen LogP contribution is -2.35. The third-order valence-corrected chi connectivity index (χ3v) is 1.97. The van der Waals surface area contributed by atoms with Gasteiger partial charge >= 0.3 is 0 Å². The number of hydrogen-bond acceptors (Lipinski definition) is 3. The third kappa shape index (κ3) is 1.48. The van der Waals surface area contributed by atoms with Crippen molar-refractivity contribution in [2.24, 2.45) is 0 Å². The molecule has 1 rings (SSSR count). The van der Waals surface area contributed by atoms with Crippen molar-refractivity contribution < 1.29 is 5.11 Å². The molecule has 0 aromatic rings. The Morgan fingerprint density at radius 2 is 1.60 bits per heavy atom. The summed E-state index contributed by atoms with van der Waals surface area (Å²) in [5, 5.41) is 13.6. The van der Waals surface area contributed by atoms with Gasteiger partial charge in [0.05, 0.1) is 6.10 Å². The van der Waals surface area contributed by atoms with Gasteiger partial charge in [0.15, 0.2) is 0 Å². The second-order valence-electron chi connectivity index (χ2n) is 2.66. The Kier molecular flexibility index (Phi) is 2.65. The second-order valence-corrected chi connectivity index (χ2v) is 2.66. The topological polar surface area (TPSA) is 26.7 Å². The molecule has 3 nitrogen and oxygen atoms in total. The summed E-state index contributed by atoms with van der Waals surface area (Å²) in [5.41, 5.74) is 0. The summed E-state index contributed by atoms with van der Waals surface area (Å²) in [6.45, 7) is 7.85. The van der Waals surface area contributed by atoms with Gasteiger partial charge in [0.25, 0.3) is 0 Å². The van der Waals surface area contributed by atoms with Crippen LogP contribution in [0.2, 0.25) is 0 Å². The van der Waals surface area contributed by atoms with E-state index in [1.54, 1.807) is 0 Å². The summed E-state index contributed by atoms with van der Waals surface area (Å²) in [6.07, 6.45) is -0.139. The molecular formula is C7H16N2O. The van der Waals surface area contributed by atoms with Crippen molar-refractivity contribution in [1.29, 1.82) is 0 Å². The first-order valence-electron chi connectivity index (χ1n) is 3.95. The minimum Gasteiger partial charge on any atom is -0.390 e. The zero-order valence-electron chi connectivity index (χ0n) is 6.75. The molecule has 0 amide bonds. The Morgan fingerprint density at radius 1 is 1.20 bits per heavy atom. The van der Waals surface area contributed by atoms with E-state index in [0.717, 1.165) is 26.2 Å². The molecule has 0 saturated carbocycles. The molecule has 10 heavy (non-hydrogen) atoms. The number of hydrogen-bond donors (Lipinski definition) is 1. The normalized spacial score (nSPS) is 24.3. The van der Waals surface area contributed by atoms with Crippen LogP contribution in [0.25, 0.3) is 0 Å². The highest BCUT2D eigenvalue weighted by atomic mass is 16.3. The molecule has 60 valence electrons. The lowest BCUT2D eigenvalue weighted by molar-refractivity contribution is 0.0388. The van der Waals surface area contributed by atoms with Crippen molar-refractivity contribution >= 4 is 0 Å². The van der Waals surface area contributed by atoms with E-state index in [1.807, 2.05) is 0 Å². The van der Waals surface area contributed by atoms with E-state index in [-0.39, 0.29) is 6.10 Å². The summed E-state index contributed by atoms with van der Waals surface area (Å²) in [5.74, 6) is 0. The zero-order chi connectivity index (χ0) is 7.56. The first-order valence-corrected chi connectivity index (χ1v) is 3.95. The fourth-order valence-electron chi connectivity index (χ4n) is 1.43. The molecule has 3 heteroatoms. The summed E-state index contributed by atoms with van der Waals surface area (Å²) < 4.78 is 0. The van der Waals surface area contributed by atoms with Gasteiger partial charge in [0, 0.05) is 26.2 Å². The van der Waals surface area contributed by atoms with Crippen molar-refractivity contribution in [2.45, 2.75) is 20.0 Å². The zero-order valence-corrected chi connectivity index (χ0v) is 6.75. The van der Waals surface area contributed by atoms with Crippen LogP contribution in [-0.4, -0.2) is 47.4 Å². The average Bonchev–Trinajstić information content (AvgIpc) is 2.30. The first-order chi connectivity index (χ1) is 4.77. The van der Waals surface area contributed by atoms with Crippen LogP contribution in [0, 0.1) is 0 Å². The Hall–Kier alpha value is -0.120. The molecule has 0 aromatic heterocycles. The predicted octanol–water partition coefficient (Wildman–Crippen LogP) is -0.0803. The van der Waals surface area contributed by atoms with Crippen LogP contribution in [0.5, 0.6) is 0 Å². The lowest BCUT2D eigenvalue weighted by atomic mass is 10.4. The molecule has 0 aromatic carbocycles. The van der Waals surface area contributed by atoms with E-state index in [9.17, 15) is 5.11 Å². The molecule has 1 aliphatic rings. The number of aliphatic hydroxyl groups is 1. The number of hydrazine groups is 1. The van der Waals surface area contributed by atoms with Gasteiger partial charge in [0.1, 0.15) is 0 Å². The van der Waals surface area contributed by atoms with E-state index in [0.29, 0.717) is 0 Å². The number of nitrogens with zero attached hydrogens (tertiary/aromatic N) is 2. The smallest absolute Gasteiger partial charge is 0.0822 e. The molecular weight excluding hydrogens is 128 g/mol. The molecule has 0 spiro atoms. The van der Waals surface area contributed by atoms with Gasteiger partial charge in [-0.15, -0.1) is 0 Å². The third-order valence-electron chi connectivity index (χ3n) is 1.97. The molecule has 1 aliphatic heterocycles. The maximum atomic E-state index is 9.25. The summed E-state index contributed by atoms with van der Waals surface area (Å²) >= 11 is 0. The molecule has 0 atom stereocenters. The van der Waals surface area contributed by atoms with Gasteiger partial charge in [0.2, 0.25) is 0 Å². The van der Waals surface area contributed by atoms with Crippen LogP contribution in [-0.2, 0) is 0 Å². The van der Waals surface area contributed by atoms with Crippen LogP contribution in [0.3, 0.4) is 0 Å². The van der Waals surface area contributed by atoms with E-state index in [2.05, 4.69) is 23.9 Å². The van der Waals surface area contributed by atoms with Gasteiger partial charge in [-0.05, 0) is 0 Å². The molecule has 0 radical (unpaired) electrons. The van der Waals surface area contributed by atoms with Crippen molar-refractivity contribution in [2.75, 3.05) is 26.2 Å². The van der Waals surface area contributed by atoms with E-state index in [1.165, 1.54) is 0 Å². The Balaban J connectivity index is 2.41. The Labute approximate surface area is 62.2 Å². The largest absolute Gasteiger partial charge is 0.390 e. The lowest BCUT2D eigenvalue weighted by Gasteiger charge is -2.24. The minimum absolute atomic E-state index is 0.139. The maximum absolute atomic E-state index is 9.25. The summed E-state index contributed by atoms with van der Waals surface area (Å²) in [7, 11) is 0. The monoisotopic (exact) mass is 144 g/mol. The van der Waals surface area contributed by atoms with Gasteiger partial charge in [-0.2, -0.15) is 0 Å². The van der Waals surface area contributed by atoms with Crippen LogP contribution < -0.4 is 0 Å². The molecule has 0 bridgehead atoms. The highest BCUT2D eigenvalue weighted by molar-refractivity contribution is 4.73. The Morgan fingerprint density at radius 3 is 1.90 bits per heavy atom. The number of β-amino-alcohol motifs (C(OH)–C–C–N with tert-alkyl or cyclic N) is 1. The van der Waals surface area contributed by atoms with Crippen LogP contribution in [0.15, 0.2) is 0 Å². The number of aliphatic hydroxyl groups excluding tert-OH is 1. The number of rotatable bonds is 2. The van der Waals surface area contributed by atoms with Gasteiger partial charge in [-0.1, -0.05) is 13.8 Å². The first kappa shape index (κ1) is 7.98. The highest BCUT2D eigenvalue weighted by Crippen LogP contribution is 2.08. The highest BCUT2D eigenvalue weighted by Gasteiger charge is 2.25. The molecule has 0 aliphatic carbocycles. The van der Waals surface area contributed by atoms with Gasteiger partial charge < -0.3 is 5.11 Å². The van der Waals surface area contributed by atoms with Crippen LogP contribution in [0.1, 0.15) is 13.8 Å². The summed E-state index contributed by atoms with van der Waals surface area (Å²) in [6, 6.07) is 0. The molecule has 0 unspecified atom stereocenters. The standard InChI is InChI=1S/C7H16N2O/c1-3-8-5-7(10)6-9(8)4-2/h7,10H,3-6H2,1-2H3. The van der Waals surface area contributed by atoms with Crippen LogP contribution in [0.4, 0.5) is 0 Å². The SMILES string of the molecule is CCN1CC(O)CN1CC. The molecule has 1 saturated heterocycles. The second kappa shape index (κ2) is 3.32. The van der Waals surface area contributed by atoms with Gasteiger partial charge in [-0.3, -0.25) is 0 Å². The van der Waals surface area contributed by atoms with E-state index in [4.69, 9.17) is 0 Å². The Bertz CT molecular complexity index is 95.8. The molecule has 1 N–H and O–H groups in total. The fraction of sp³-hybridized carbons (Fsp3) is 1.00. The van der Waals surface area contributed by atoms with Crippen molar-refractivity contribution in [3.63, 3.8) is 0 Å². The van der Waals surface area contributed by atoms with E-state index < -0.39 is 0 Å². The van der Waals surface area contributed by atoms with Crippen molar-refractivity contribution in [1.82, 2.24) is 10.0 Å². The van der Waals surface area contributed by atoms with Crippen molar-refractivity contribution in [3.8, 4) is 0 Å². The minimum atomic E-state index is -0.139. The van der Waals surface area contributed by atoms with Crippen molar-refractivity contribution in [3.05, 3.63) is 0 Å². The number of likely N-dealkylation sites (N-methyl/N-ethyl adjacent to an activating group) is 2. The van der Waals surface area contributed by atoms with Crippen LogP contribution >= 0.6 is 0 Å². The van der Waals surface area contributed by atoms with E-state index >= 15 is 0 Å². The molecule has 1 fully saturated rings. The summed E-state index contributed by atoms with van der Waals surface area (Å²) in [4.78, 5) is 0. The quantitative estimate of drug-likeness (QED) is 0.587. The molecule has 1 heterocycles. The predicted molar refractivity (Wildman–Crippen MR) is 40.5 cm³/mol. The average molecular weight is 144 g/mol. The van der Waals surface area contributed by atoms with Gasteiger partial charge in [-0.25, -0.2) is 10.0 Å². The maximum Gasteiger partial charge on any atom is 0.0822 e.